The second-order valence-corrected chi connectivity index (χ2v) is 5.03. The molecule has 0 fully saturated rings. The van der Waals surface area contributed by atoms with Gasteiger partial charge in [-0.05, 0) is 32.0 Å². The highest BCUT2D eigenvalue weighted by Crippen LogP contribution is 2.15. The van der Waals surface area contributed by atoms with Gasteiger partial charge in [0.05, 0.1) is 0 Å². The van der Waals surface area contributed by atoms with Gasteiger partial charge in [-0.2, -0.15) is 0 Å². The molecule has 0 spiro atoms. The minimum atomic E-state index is 0.192. The number of amides is 1. The monoisotopic (exact) mass is 269 g/mol. The average molecular weight is 269 g/mol. The van der Waals surface area contributed by atoms with E-state index in [4.69, 9.17) is 12.2 Å². The van der Waals surface area contributed by atoms with Crippen molar-refractivity contribution in [2.75, 3.05) is 13.1 Å². The second kappa shape index (κ2) is 6.73. The number of hydrogen-bond donors (Lipinski definition) is 1. The third-order valence-corrected chi connectivity index (χ3v) is 3.50. The molecule has 0 radical (unpaired) electrons. The first-order chi connectivity index (χ1) is 8.51. The molecule has 0 aromatic carbocycles. The van der Waals surface area contributed by atoms with Crippen molar-refractivity contribution < 1.29 is 4.79 Å². The summed E-state index contributed by atoms with van der Waals surface area (Å²) in [6.07, 6.45) is 2.45. The first-order valence-corrected chi connectivity index (χ1v) is 6.97. The summed E-state index contributed by atoms with van der Waals surface area (Å²) in [5.74, 6) is 0.597. The summed E-state index contributed by atoms with van der Waals surface area (Å²) in [6, 6.07) is 0. The maximum absolute atomic E-state index is 12.0. The number of nitrogens with one attached hydrogen (secondary N) is 1. The van der Waals surface area contributed by atoms with E-state index in [1.807, 2.05) is 29.5 Å². The normalized spacial score (nSPS) is 10.9. The number of hydrogen-bond acceptors (Lipinski definition) is 2. The van der Waals surface area contributed by atoms with E-state index in [1.165, 1.54) is 0 Å². The molecule has 1 heterocycles. The smallest absolute Gasteiger partial charge is 0.224 e. The van der Waals surface area contributed by atoms with Gasteiger partial charge in [0.25, 0.3) is 0 Å². The van der Waals surface area contributed by atoms with Crippen molar-refractivity contribution in [3.8, 4) is 0 Å². The molecular formula is C13H23N3OS. The largest absolute Gasteiger partial charge is 0.343 e. The Morgan fingerprint density at radius 2 is 2.06 bits per heavy atom. The molecular weight excluding hydrogens is 246 g/mol. The number of H-pyrrole nitrogens is 1. The zero-order valence-electron chi connectivity index (χ0n) is 11.7. The minimum Gasteiger partial charge on any atom is -0.343 e. The number of carbonyl (C=O) groups is 1. The van der Waals surface area contributed by atoms with E-state index >= 15 is 0 Å². The molecule has 102 valence electrons. The number of rotatable bonds is 6. The van der Waals surface area contributed by atoms with Crippen LogP contribution in [-0.2, 0) is 11.3 Å². The van der Waals surface area contributed by atoms with Gasteiger partial charge < -0.3 is 14.5 Å². The van der Waals surface area contributed by atoms with Crippen molar-refractivity contribution in [1.82, 2.24) is 14.5 Å². The number of nitrogens with zero attached hydrogens (tertiary/aromatic N) is 2. The number of aromatic amines is 1. The van der Waals surface area contributed by atoms with Gasteiger partial charge in [0, 0.05) is 37.9 Å². The van der Waals surface area contributed by atoms with Crippen LogP contribution in [0.5, 0.6) is 0 Å². The van der Waals surface area contributed by atoms with E-state index in [1.54, 1.807) is 0 Å². The molecule has 0 saturated heterocycles. The molecule has 18 heavy (non-hydrogen) atoms. The summed E-state index contributed by atoms with van der Waals surface area (Å²) < 4.78 is 2.73. The molecule has 1 rings (SSSR count). The van der Waals surface area contributed by atoms with Gasteiger partial charge in [-0.3, -0.25) is 4.79 Å². The van der Waals surface area contributed by atoms with Crippen LogP contribution in [0.4, 0.5) is 0 Å². The molecule has 0 saturated carbocycles. The van der Waals surface area contributed by atoms with Crippen molar-refractivity contribution >= 4 is 18.1 Å². The molecule has 1 N–H and O–H groups in total. The van der Waals surface area contributed by atoms with Gasteiger partial charge in [0.2, 0.25) is 5.91 Å². The first kappa shape index (κ1) is 15.0. The molecule has 0 unspecified atom stereocenters. The van der Waals surface area contributed by atoms with Crippen molar-refractivity contribution in [1.29, 1.82) is 0 Å². The van der Waals surface area contributed by atoms with E-state index in [0.29, 0.717) is 23.7 Å². The second-order valence-electron chi connectivity index (χ2n) is 4.64. The van der Waals surface area contributed by atoms with Gasteiger partial charge >= 0.3 is 0 Å². The third-order valence-electron chi connectivity index (χ3n) is 3.16. The summed E-state index contributed by atoms with van der Waals surface area (Å²) in [5.41, 5.74) is 1.16. The lowest BCUT2D eigenvalue weighted by atomic mass is 10.1. The maximum atomic E-state index is 12.0. The molecule has 0 aliphatic heterocycles. The fraction of sp³-hybridized carbons (Fsp3) is 0.692. The summed E-state index contributed by atoms with van der Waals surface area (Å²) in [4.78, 5) is 16.9. The van der Waals surface area contributed by atoms with Crippen LogP contribution in [0.1, 0.15) is 45.7 Å². The standard InChI is InChI=1S/C13H23N3OS/c1-5-15(6-2)12(17)7-8-16-11(10(3)4)9-14-13(16)18/h9-10H,5-8H2,1-4H3,(H,14,18). The number of imidazole rings is 1. The van der Waals surface area contributed by atoms with Gasteiger partial charge in [0.15, 0.2) is 4.77 Å². The van der Waals surface area contributed by atoms with E-state index in [2.05, 4.69) is 18.8 Å². The van der Waals surface area contributed by atoms with Gasteiger partial charge in [-0.1, -0.05) is 13.8 Å². The molecule has 1 aromatic heterocycles. The summed E-state index contributed by atoms with van der Waals surface area (Å²) in [7, 11) is 0. The Bertz CT molecular complexity index is 443. The molecule has 0 aliphatic rings. The SMILES string of the molecule is CCN(CC)C(=O)CCn1c(C(C)C)c[nH]c1=S. The van der Waals surface area contributed by atoms with Crippen LogP contribution < -0.4 is 0 Å². The maximum Gasteiger partial charge on any atom is 0.224 e. The summed E-state index contributed by atoms with van der Waals surface area (Å²) in [6.45, 7) is 10.5. The lowest BCUT2D eigenvalue weighted by Crippen LogP contribution is -2.31. The molecule has 1 aromatic rings. The van der Waals surface area contributed by atoms with Crippen LogP contribution in [-0.4, -0.2) is 33.4 Å². The van der Waals surface area contributed by atoms with Gasteiger partial charge in [0.1, 0.15) is 0 Å². The van der Waals surface area contributed by atoms with Crippen LogP contribution in [0.3, 0.4) is 0 Å². The third kappa shape index (κ3) is 3.45. The van der Waals surface area contributed by atoms with Crippen molar-refractivity contribution in [2.45, 2.75) is 46.6 Å². The molecule has 0 bridgehead atoms. The van der Waals surface area contributed by atoms with E-state index in [-0.39, 0.29) is 5.91 Å². The summed E-state index contributed by atoms with van der Waals surface area (Å²) >= 11 is 5.25. The van der Waals surface area contributed by atoms with E-state index in [9.17, 15) is 4.79 Å². The Balaban J connectivity index is 2.72. The van der Waals surface area contributed by atoms with Crippen LogP contribution in [0.15, 0.2) is 6.20 Å². The molecule has 5 heteroatoms. The Hall–Kier alpha value is -1.10. The fourth-order valence-corrected chi connectivity index (χ4v) is 2.32. The highest BCUT2D eigenvalue weighted by Gasteiger charge is 2.12. The Kier molecular flexibility index (Phi) is 5.59. The zero-order chi connectivity index (χ0) is 13.7. The molecule has 0 atom stereocenters. The predicted molar refractivity (Wildman–Crippen MR) is 76.3 cm³/mol. The summed E-state index contributed by atoms with van der Waals surface area (Å²) in [5, 5.41) is 0. The van der Waals surface area contributed by atoms with Crippen LogP contribution in [0.25, 0.3) is 0 Å². The predicted octanol–water partition coefficient (Wildman–Crippen LogP) is 2.93. The van der Waals surface area contributed by atoms with E-state index < -0.39 is 0 Å². The lowest BCUT2D eigenvalue weighted by Gasteiger charge is -2.19. The fourth-order valence-electron chi connectivity index (χ4n) is 2.06. The van der Waals surface area contributed by atoms with Crippen LogP contribution in [0, 0.1) is 4.77 Å². The highest BCUT2D eigenvalue weighted by atomic mass is 32.1. The van der Waals surface area contributed by atoms with Crippen molar-refractivity contribution in [2.24, 2.45) is 0 Å². The highest BCUT2D eigenvalue weighted by molar-refractivity contribution is 7.71. The Morgan fingerprint density at radius 3 is 2.56 bits per heavy atom. The first-order valence-electron chi connectivity index (χ1n) is 6.57. The van der Waals surface area contributed by atoms with Crippen LogP contribution >= 0.6 is 12.2 Å². The number of carbonyl (C=O) groups excluding carboxylic acids is 1. The Morgan fingerprint density at radius 1 is 1.44 bits per heavy atom. The lowest BCUT2D eigenvalue weighted by molar-refractivity contribution is -0.131. The van der Waals surface area contributed by atoms with Gasteiger partial charge in [-0.15, -0.1) is 0 Å². The topological polar surface area (TPSA) is 41.0 Å². The Labute approximate surface area is 114 Å². The van der Waals surface area contributed by atoms with Crippen LogP contribution in [0.2, 0.25) is 0 Å². The molecule has 1 amide bonds. The average Bonchev–Trinajstić information content (AvgIpc) is 2.69. The van der Waals surface area contributed by atoms with Crippen molar-refractivity contribution in [3.05, 3.63) is 16.7 Å². The minimum absolute atomic E-state index is 0.192. The number of aromatic nitrogens is 2. The van der Waals surface area contributed by atoms with Crippen molar-refractivity contribution in [3.63, 3.8) is 0 Å². The molecule has 4 nitrogen and oxygen atoms in total. The van der Waals surface area contributed by atoms with Gasteiger partial charge in [-0.25, -0.2) is 0 Å². The quantitative estimate of drug-likeness (QED) is 0.807. The molecule has 0 aliphatic carbocycles. The van der Waals surface area contributed by atoms with E-state index in [0.717, 1.165) is 18.8 Å². The zero-order valence-corrected chi connectivity index (χ0v) is 12.5.